The molecule has 3 nitrogen and oxygen atoms in total. The van der Waals surface area contributed by atoms with Gasteiger partial charge in [-0.15, -0.1) is 11.3 Å². The van der Waals surface area contributed by atoms with Crippen molar-refractivity contribution in [1.82, 2.24) is 4.90 Å². The molecule has 0 saturated heterocycles. The highest BCUT2D eigenvalue weighted by Gasteiger charge is 2.10. The number of hydrogen-bond donors (Lipinski definition) is 1. The fourth-order valence-electron chi connectivity index (χ4n) is 2.35. The number of anilines is 1. The number of benzene rings is 1. The summed E-state index contributed by atoms with van der Waals surface area (Å²) in [6.07, 6.45) is 0. The smallest absolute Gasteiger partial charge is 0.238 e. The molecule has 0 bridgehead atoms. The highest BCUT2D eigenvalue weighted by molar-refractivity contribution is 7.09. The van der Waals surface area contributed by atoms with Gasteiger partial charge in [-0.2, -0.15) is 0 Å². The second-order valence-electron chi connectivity index (χ2n) is 5.31. The van der Waals surface area contributed by atoms with E-state index in [0.29, 0.717) is 6.54 Å². The minimum atomic E-state index is 0.0402. The maximum atomic E-state index is 12.2. The van der Waals surface area contributed by atoms with Crippen LogP contribution >= 0.6 is 11.3 Å². The van der Waals surface area contributed by atoms with Crippen molar-refractivity contribution < 1.29 is 4.79 Å². The summed E-state index contributed by atoms with van der Waals surface area (Å²) in [6.45, 7) is 8.27. The van der Waals surface area contributed by atoms with Crippen molar-refractivity contribution in [1.29, 1.82) is 0 Å². The largest absolute Gasteiger partial charge is 0.325 e. The molecule has 0 saturated carbocycles. The van der Waals surface area contributed by atoms with Crippen LogP contribution in [0.4, 0.5) is 5.69 Å². The Bertz CT molecular complexity index is 573. The molecular weight excluding hydrogens is 280 g/mol. The van der Waals surface area contributed by atoms with Crippen LogP contribution in [0.2, 0.25) is 0 Å². The molecule has 0 aliphatic carbocycles. The van der Waals surface area contributed by atoms with Crippen molar-refractivity contribution in [3.8, 4) is 0 Å². The minimum absolute atomic E-state index is 0.0402. The van der Waals surface area contributed by atoms with Crippen molar-refractivity contribution in [2.45, 2.75) is 27.3 Å². The van der Waals surface area contributed by atoms with Crippen molar-refractivity contribution >= 4 is 22.9 Å². The van der Waals surface area contributed by atoms with Gasteiger partial charge < -0.3 is 5.32 Å². The van der Waals surface area contributed by atoms with Crippen LogP contribution < -0.4 is 5.32 Å². The number of carbonyl (C=O) groups excluding carboxylic acids is 1. The van der Waals surface area contributed by atoms with Crippen LogP contribution in [0.25, 0.3) is 0 Å². The standard InChI is InChI=1S/C17H22N2OS/c1-4-19(11-16-6-5-7-21-16)12-17(20)18-15-9-13(2)8-14(3)10-15/h5-10H,4,11-12H2,1-3H3,(H,18,20). The zero-order valence-corrected chi connectivity index (χ0v) is 13.7. The molecule has 0 spiro atoms. The lowest BCUT2D eigenvalue weighted by molar-refractivity contribution is -0.117. The normalized spacial score (nSPS) is 10.9. The van der Waals surface area contributed by atoms with Crippen LogP contribution in [0.5, 0.6) is 0 Å². The molecule has 1 N–H and O–H groups in total. The van der Waals surface area contributed by atoms with E-state index >= 15 is 0 Å². The van der Waals surface area contributed by atoms with E-state index in [1.165, 1.54) is 4.88 Å². The molecular formula is C17H22N2OS. The molecule has 1 amide bonds. The van der Waals surface area contributed by atoms with Crippen LogP contribution in [0.3, 0.4) is 0 Å². The monoisotopic (exact) mass is 302 g/mol. The first-order valence-electron chi connectivity index (χ1n) is 7.19. The van der Waals surface area contributed by atoms with Crippen LogP contribution in [0.15, 0.2) is 35.7 Å². The summed E-state index contributed by atoms with van der Waals surface area (Å²) in [5.41, 5.74) is 3.21. The van der Waals surface area contributed by atoms with Gasteiger partial charge in [0.2, 0.25) is 5.91 Å². The van der Waals surface area contributed by atoms with Crippen molar-refractivity contribution in [2.75, 3.05) is 18.4 Å². The van der Waals surface area contributed by atoms with Gasteiger partial charge in [0.1, 0.15) is 0 Å². The number of thiophene rings is 1. The molecule has 0 aliphatic heterocycles. The van der Waals surface area contributed by atoms with Gasteiger partial charge >= 0.3 is 0 Å². The Hall–Kier alpha value is -1.65. The molecule has 0 aliphatic rings. The summed E-state index contributed by atoms with van der Waals surface area (Å²) >= 11 is 1.73. The van der Waals surface area contributed by atoms with Gasteiger partial charge in [-0.3, -0.25) is 9.69 Å². The maximum Gasteiger partial charge on any atom is 0.238 e. The molecule has 0 fully saturated rings. The molecule has 4 heteroatoms. The quantitative estimate of drug-likeness (QED) is 0.879. The summed E-state index contributed by atoms with van der Waals surface area (Å²) in [4.78, 5) is 15.6. The number of nitrogens with one attached hydrogen (secondary N) is 1. The summed E-state index contributed by atoms with van der Waals surface area (Å²) in [5, 5.41) is 5.06. The molecule has 0 unspecified atom stereocenters. The van der Waals surface area contributed by atoms with Crippen LogP contribution in [-0.2, 0) is 11.3 Å². The molecule has 112 valence electrons. The van der Waals surface area contributed by atoms with Gasteiger partial charge in [-0.25, -0.2) is 0 Å². The summed E-state index contributed by atoms with van der Waals surface area (Å²) in [6, 6.07) is 10.3. The Kier molecular flexibility index (Phi) is 5.53. The average molecular weight is 302 g/mol. The highest BCUT2D eigenvalue weighted by Crippen LogP contribution is 2.14. The molecule has 1 aromatic heterocycles. The average Bonchev–Trinajstić information content (AvgIpc) is 2.89. The third-order valence-electron chi connectivity index (χ3n) is 3.28. The minimum Gasteiger partial charge on any atom is -0.325 e. The van der Waals surface area contributed by atoms with Gasteiger partial charge in [0.05, 0.1) is 6.54 Å². The van der Waals surface area contributed by atoms with E-state index in [2.05, 4.69) is 34.7 Å². The van der Waals surface area contributed by atoms with Crippen LogP contribution in [0.1, 0.15) is 22.9 Å². The first kappa shape index (κ1) is 15.7. The maximum absolute atomic E-state index is 12.2. The number of nitrogens with zero attached hydrogens (tertiary/aromatic N) is 1. The molecule has 1 heterocycles. The predicted molar refractivity (Wildman–Crippen MR) is 89.8 cm³/mol. The van der Waals surface area contributed by atoms with E-state index in [1.807, 2.05) is 32.0 Å². The van der Waals surface area contributed by atoms with E-state index in [1.54, 1.807) is 11.3 Å². The zero-order valence-electron chi connectivity index (χ0n) is 12.8. The second-order valence-corrected chi connectivity index (χ2v) is 6.34. The zero-order chi connectivity index (χ0) is 15.2. The van der Waals surface area contributed by atoms with Gasteiger partial charge in [-0.1, -0.05) is 19.1 Å². The summed E-state index contributed by atoms with van der Waals surface area (Å²) < 4.78 is 0. The first-order valence-corrected chi connectivity index (χ1v) is 8.07. The van der Waals surface area contributed by atoms with E-state index in [-0.39, 0.29) is 5.91 Å². The predicted octanol–water partition coefficient (Wildman–Crippen LogP) is 3.83. The second kappa shape index (κ2) is 7.38. The fraction of sp³-hybridized carbons (Fsp3) is 0.353. The number of hydrogen-bond acceptors (Lipinski definition) is 3. The Morgan fingerprint density at radius 1 is 1.24 bits per heavy atom. The summed E-state index contributed by atoms with van der Waals surface area (Å²) in [5.74, 6) is 0.0402. The van der Waals surface area contributed by atoms with Crippen molar-refractivity contribution in [2.24, 2.45) is 0 Å². The van der Waals surface area contributed by atoms with E-state index in [4.69, 9.17) is 0 Å². The van der Waals surface area contributed by atoms with E-state index < -0.39 is 0 Å². The molecule has 1 aromatic carbocycles. The lowest BCUT2D eigenvalue weighted by atomic mass is 10.1. The molecule has 2 aromatic rings. The van der Waals surface area contributed by atoms with Crippen LogP contribution in [-0.4, -0.2) is 23.9 Å². The molecule has 2 rings (SSSR count). The Morgan fingerprint density at radius 2 is 1.95 bits per heavy atom. The van der Waals surface area contributed by atoms with Gasteiger partial charge in [0, 0.05) is 17.1 Å². The van der Waals surface area contributed by atoms with Crippen molar-refractivity contribution in [3.05, 3.63) is 51.7 Å². The fourth-order valence-corrected chi connectivity index (χ4v) is 3.10. The van der Waals surface area contributed by atoms with Crippen molar-refractivity contribution in [3.63, 3.8) is 0 Å². The Morgan fingerprint density at radius 3 is 2.52 bits per heavy atom. The first-order chi connectivity index (χ1) is 10.1. The Balaban J connectivity index is 1.93. The third-order valence-corrected chi connectivity index (χ3v) is 4.14. The SMILES string of the molecule is CCN(CC(=O)Nc1cc(C)cc(C)c1)Cc1cccs1. The number of amides is 1. The lowest BCUT2D eigenvalue weighted by Gasteiger charge is -2.19. The van der Waals surface area contributed by atoms with Gasteiger partial charge in [0.25, 0.3) is 0 Å². The van der Waals surface area contributed by atoms with E-state index in [9.17, 15) is 4.79 Å². The topological polar surface area (TPSA) is 32.3 Å². The number of carbonyl (C=O) groups is 1. The molecule has 0 atom stereocenters. The number of likely N-dealkylation sites (N-methyl/N-ethyl adjacent to an activating group) is 1. The van der Waals surface area contributed by atoms with Gasteiger partial charge in [-0.05, 0) is 55.1 Å². The number of aryl methyl sites for hydroxylation is 2. The lowest BCUT2D eigenvalue weighted by Crippen LogP contribution is -2.32. The van der Waals surface area contributed by atoms with Gasteiger partial charge in [0.15, 0.2) is 0 Å². The molecule has 0 radical (unpaired) electrons. The summed E-state index contributed by atoms with van der Waals surface area (Å²) in [7, 11) is 0. The molecule has 21 heavy (non-hydrogen) atoms. The number of rotatable bonds is 6. The van der Waals surface area contributed by atoms with Crippen LogP contribution in [0, 0.1) is 13.8 Å². The third kappa shape index (κ3) is 4.99. The highest BCUT2D eigenvalue weighted by atomic mass is 32.1. The Labute approximate surface area is 130 Å². The van der Waals surface area contributed by atoms with E-state index in [0.717, 1.165) is 29.9 Å².